The highest BCUT2D eigenvalue weighted by Crippen LogP contribution is 2.25. The van der Waals surface area contributed by atoms with Gasteiger partial charge in [-0.1, -0.05) is 11.6 Å². The molecule has 1 atom stereocenters. The summed E-state index contributed by atoms with van der Waals surface area (Å²) in [7, 11) is -3.65. The van der Waals surface area contributed by atoms with Crippen molar-refractivity contribution in [2.45, 2.75) is 17.9 Å². The first-order valence-electron chi connectivity index (χ1n) is 5.60. The number of rotatable bonds is 2. The minimum atomic E-state index is -3.65. The van der Waals surface area contributed by atoms with Gasteiger partial charge in [0.2, 0.25) is 10.0 Å². The van der Waals surface area contributed by atoms with Crippen molar-refractivity contribution in [2.24, 2.45) is 0 Å². The molecule has 0 aliphatic carbocycles. The van der Waals surface area contributed by atoms with Crippen molar-refractivity contribution in [2.75, 3.05) is 19.6 Å². The molecule has 0 radical (unpaired) electrons. The molecule has 1 aliphatic rings. The third kappa shape index (κ3) is 3.58. The van der Waals surface area contributed by atoms with E-state index in [1.54, 1.807) is 0 Å². The van der Waals surface area contributed by atoms with Crippen molar-refractivity contribution >= 4 is 34.0 Å². The summed E-state index contributed by atoms with van der Waals surface area (Å²) >= 11 is 5.81. The highest BCUT2D eigenvalue weighted by molar-refractivity contribution is 7.89. The fourth-order valence-corrected chi connectivity index (χ4v) is 3.97. The van der Waals surface area contributed by atoms with Gasteiger partial charge < -0.3 is 5.32 Å². The van der Waals surface area contributed by atoms with Crippen LogP contribution in [0.4, 0.5) is 4.39 Å². The van der Waals surface area contributed by atoms with E-state index < -0.39 is 15.8 Å². The molecule has 1 aromatic carbocycles. The van der Waals surface area contributed by atoms with Gasteiger partial charge in [0.05, 0.1) is 5.02 Å². The first-order valence-corrected chi connectivity index (χ1v) is 7.41. The van der Waals surface area contributed by atoms with Gasteiger partial charge in [-0.05, 0) is 25.1 Å². The Labute approximate surface area is 123 Å². The molecule has 1 fully saturated rings. The molecular formula is C11H15Cl2FN2O2S. The van der Waals surface area contributed by atoms with Gasteiger partial charge in [0.1, 0.15) is 10.7 Å². The molecule has 19 heavy (non-hydrogen) atoms. The van der Waals surface area contributed by atoms with Crippen LogP contribution in [0, 0.1) is 5.82 Å². The first kappa shape index (κ1) is 16.7. The van der Waals surface area contributed by atoms with E-state index in [1.807, 2.05) is 6.92 Å². The summed E-state index contributed by atoms with van der Waals surface area (Å²) in [6.07, 6.45) is 0. The van der Waals surface area contributed by atoms with Crippen LogP contribution in [0.25, 0.3) is 0 Å². The number of hydrogen-bond acceptors (Lipinski definition) is 3. The maximum absolute atomic E-state index is 12.9. The summed E-state index contributed by atoms with van der Waals surface area (Å²) in [6.45, 7) is 3.28. The lowest BCUT2D eigenvalue weighted by Gasteiger charge is -2.31. The minimum absolute atomic E-state index is 0. The Bertz CT molecular complexity index is 554. The fourth-order valence-electron chi connectivity index (χ4n) is 1.94. The predicted octanol–water partition coefficient (Wildman–Crippen LogP) is 1.88. The minimum Gasteiger partial charge on any atom is -0.312 e. The third-order valence-electron chi connectivity index (χ3n) is 2.84. The van der Waals surface area contributed by atoms with Crippen molar-refractivity contribution < 1.29 is 12.8 Å². The smallest absolute Gasteiger partial charge is 0.244 e. The molecule has 1 N–H and O–H groups in total. The largest absolute Gasteiger partial charge is 0.312 e. The van der Waals surface area contributed by atoms with Gasteiger partial charge >= 0.3 is 0 Å². The van der Waals surface area contributed by atoms with Crippen LogP contribution in [-0.4, -0.2) is 38.4 Å². The zero-order valence-electron chi connectivity index (χ0n) is 10.3. The summed E-state index contributed by atoms with van der Waals surface area (Å²) < 4.78 is 39.0. The van der Waals surface area contributed by atoms with Crippen LogP contribution in [0.1, 0.15) is 6.92 Å². The maximum atomic E-state index is 12.9. The number of nitrogens with zero attached hydrogens (tertiary/aromatic N) is 1. The molecule has 0 amide bonds. The van der Waals surface area contributed by atoms with Gasteiger partial charge in [-0.2, -0.15) is 4.31 Å². The molecule has 0 aromatic heterocycles. The third-order valence-corrected chi connectivity index (χ3v) is 5.19. The summed E-state index contributed by atoms with van der Waals surface area (Å²) in [5.74, 6) is -0.548. The summed E-state index contributed by atoms with van der Waals surface area (Å²) in [5.41, 5.74) is 0. The topological polar surface area (TPSA) is 49.4 Å². The summed E-state index contributed by atoms with van der Waals surface area (Å²) in [6, 6.07) is 3.41. The Morgan fingerprint density at radius 3 is 2.74 bits per heavy atom. The highest BCUT2D eigenvalue weighted by atomic mass is 35.5. The van der Waals surface area contributed by atoms with E-state index in [4.69, 9.17) is 11.6 Å². The molecule has 4 nitrogen and oxygen atoms in total. The Balaban J connectivity index is 0.00000180. The van der Waals surface area contributed by atoms with Gasteiger partial charge in [0.25, 0.3) is 0 Å². The molecule has 1 aliphatic heterocycles. The standard InChI is InChI=1S/C11H14ClFN2O2S.ClH/c1-8-7-15(5-4-14-8)18(16,17)11-3-2-9(13)6-10(11)12;/h2-3,6,8,14H,4-5,7H2,1H3;1H. The summed E-state index contributed by atoms with van der Waals surface area (Å²) in [4.78, 5) is -0.0420. The van der Waals surface area contributed by atoms with Gasteiger partial charge in [-0.15, -0.1) is 12.4 Å². The average molecular weight is 329 g/mol. The summed E-state index contributed by atoms with van der Waals surface area (Å²) in [5, 5.41) is 3.08. The van der Waals surface area contributed by atoms with Crippen LogP contribution in [-0.2, 0) is 10.0 Å². The van der Waals surface area contributed by atoms with Crippen LogP contribution < -0.4 is 5.32 Å². The average Bonchev–Trinajstić information content (AvgIpc) is 2.28. The van der Waals surface area contributed by atoms with E-state index >= 15 is 0 Å². The van der Waals surface area contributed by atoms with Crippen LogP contribution in [0.3, 0.4) is 0 Å². The van der Waals surface area contributed by atoms with Gasteiger partial charge in [-0.3, -0.25) is 0 Å². The van der Waals surface area contributed by atoms with Crippen LogP contribution >= 0.6 is 24.0 Å². The predicted molar refractivity (Wildman–Crippen MR) is 74.9 cm³/mol. The zero-order chi connectivity index (χ0) is 13.3. The molecule has 0 saturated carbocycles. The van der Waals surface area contributed by atoms with Crippen molar-refractivity contribution in [3.8, 4) is 0 Å². The molecule has 0 bridgehead atoms. The van der Waals surface area contributed by atoms with Crippen molar-refractivity contribution in [1.29, 1.82) is 0 Å². The van der Waals surface area contributed by atoms with E-state index in [0.29, 0.717) is 19.6 Å². The van der Waals surface area contributed by atoms with Crippen molar-refractivity contribution in [3.05, 3.63) is 29.0 Å². The number of halogens is 3. The van der Waals surface area contributed by atoms with Crippen LogP contribution in [0.5, 0.6) is 0 Å². The van der Waals surface area contributed by atoms with E-state index in [1.165, 1.54) is 10.4 Å². The Hall–Kier alpha value is -0.400. The molecule has 1 unspecified atom stereocenters. The lowest BCUT2D eigenvalue weighted by atomic mass is 10.3. The lowest BCUT2D eigenvalue weighted by molar-refractivity contribution is 0.310. The molecule has 0 spiro atoms. The Morgan fingerprint density at radius 1 is 1.47 bits per heavy atom. The number of hydrogen-bond donors (Lipinski definition) is 1. The van der Waals surface area contributed by atoms with Gasteiger partial charge in [0.15, 0.2) is 0 Å². The number of nitrogens with one attached hydrogen (secondary N) is 1. The highest BCUT2D eigenvalue weighted by Gasteiger charge is 2.30. The molecule has 1 heterocycles. The SMILES string of the molecule is CC1CN(S(=O)(=O)c2ccc(F)cc2Cl)CCN1.Cl. The number of benzene rings is 1. The van der Waals surface area contributed by atoms with Crippen molar-refractivity contribution in [1.82, 2.24) is 9.62 Å². The number of piperazine rings is 1. The molecule has 8 heteroatoms. The Morgan fingerprint density at radius 2 is 2.16 bits per heavy atom. The van der Waals surface area contributed by atoms with Crippen molar-refractivity contribution in [3.63, 3.8) is 0 Å². The second-order valence-electron chi connectivity index (χ2n) is 4.29. The van der Waals surface area contributed by atoms with E-state index in [0.717, 1.165) is 12.1 Å². The van der Waals surface area contributed by atoms with Gasteiger partial charge in [0, 0.05) is 25.7 Å². The molecule has 2 rings (SSSR count). The first-order chi connectivity index (χ1) is 8.41. The van der Waals surface area contributed by atoms with Crippen LogP contribution in [0.15, 0.2) is 23.1 Å². The van der Waals surface area contributed by atoms with Gasteiger partial charge in [-0.25, -0.2) is 12.8 Å². The molecule has 1 saturated heterocycles. The molecule has 108 valence electrons. The normalized spacial score (nSPS) is 20.9. The zero-order valence-corrected chi connectivity index (χ0v) is 12.7. The monoisotopic (exact) mass is 328 g/mol. The van der Waals surface area contributed by atoms with E-state index in [9.17, 15) is 12.8 Å². The van der Waals surface area contributed by atoms with Crippen LogP contribution in [0.2, 0.25) is 5.02 Å². The molecule has 1 aromatic rings. The number of sulfonamides is 1. The lowest BCUT2D eigenvalue weighted by Crippen LogP contribution is -2.51. The molecular weight excluding hydrogens is 314 g/mol. The maximum Gasteiger partial charge on any atom is 0.244 e. The second-order valence-corrected chi connectivity index (χ2v) is 6.61. The fraction of sp³-hybridized carbons (Fsp3) is 0.455. The Kier molecular flexibility index (Phi) is 5.58. The van der Waals surface area contributed by atoms with E-state index in [-0.39, 0.29) is 28.4 Å². The second kappa shape index (κ2) is 6.37. The van der Waals surface area contributed by atoms with E-state index in [2.05, 4.69) is 5.32 Å². The quantitative estimate of drug-likeness (QED) is 0.901.